The molecule has 4 aromatic rings. The van der Waals surface area contributed by atoms with Gasteiger partial charge in [-0.15, -0.1) is 0 Å². The topological polar surface area (TPSA) is 86.8 Å². The predicted molar refractivity (Wildman–Crippen MR) is 181 cm³/mol. The van der Waals surface area contributed by atoms with E-state index in [4.69, 9.17) is 0 Å². The van der Waals surface area contributed by atoms with Gasteiger partial charge < -0.3 is 10.2 Å². The molecule has 0 bridgehead atoms. The largest absolute Gasteiger partial charge is 0.355 e. The average Bonchev–Trinajstić information content (AvgIpc) is 3.02. The number of carbonyl (C=O) groups excluding carboxylic acids is 2. The summed E-state index contributed by atoms with van der Waals surface area (Å²) in [5, 5.41) is 2.90. The molecular weight excluding hydrogens is 582 g/mol. The van der Waals surface area contributed by atoms with Gasteiger partial charge in [0, 0.05) is 19.5 Å². The van der Waals surface area contributed by atoms with E-state index in [1.807, 2.05) is 87.5 Å². The third-order valence-corrected chi connectivity index (χ3v) is 9.58. The van der Waals surface area contributed by atoms with E-state index >= 15 is 0 Å². The summed E-state index contributed by atoms with van der Waals surface area (Å²) in [5.41, 5.74) is 5.11. The van der Waals surface area contributed by atoms with Crippen molar-refractivity contribution in [2.75, 3.05) is 17.4 Å². The first-order valence-corrected chi connectivity index (χ1v) is 16.8. The van der Waals surface area contributed by atoms with Gasteiger partial charge in [0.05, 0.1) is 10.6 Å². The summed E-state index contributed by atoms with van der Waals surface area (Å²) in [4.78, 5) is 29.7. The van der Waals surface area contributed by atoms with Gasteiger partial charge in [-0.2, -0.15) is 0 Å². The summed E-state index contributed by atoms with van der Waals surface area (Å²) < 4.78 is 29.6. The Morgan fingerprint density at radius 1 is 0.778 bits per heavy atom. The van der Waals surface area contributed by atoms with Crippen LogP contribution in [-0.2, 0) is 32.6 Å². The van der Waals surface area contributed by atoms with Crippen molar-refractivity contribution in [2.45, 2.75) is 64.4 Å². The molecule has 4 aromatic carbocycles. The van der Waals surface area contributed by atoms with Crippen molar-refractivity contribution in [2.24, 2.45) is 0 Å². The van der Waals surface area contributed by atoms with E-state index in [2.05, 4.69) is 19.2 Å². The molecule has 0 radical (unpaired) electrons. The Labute approximate surface area is 268 Å². The Morgan fingerprint density at radius 2 is 1.42 bits per heavy atom. The Hall–Kier alpha value is -4.43. The van der Waals surface area contributed by atoms with Crippen LogP contribution in [0.3, 0.4) is 0 Å². The SMILES string of the molecule is CCNC(=O)C(Cc1ccccc1)N(Cc1cccc(C)c1)C(=O)CN(c1ccc(C(C)C)cc1)S(=O)(=O)c1ccc(C)cc1. The zero-order valence-electron chi connectivity index (χ0n) is 26.7. The lowest BCUT2D eigenvalue weighted by Crippen LogP contribution is -2.53. The Morgan fingerprint density at radius 3 is 2.02 bits per heavy atom. The molecule has 1 atom stereocenters. The first-order chi connectivity index (χ1) is 21.5. The molecule has 0 aliphatic heterocycles. The van der Waals surface area contributed by atoms with E-state index in [1.54, 1.807) is 36.4 Å². The minimum Gasteiger partial charge on any atom is -0.355 e. The summed E-state index contributed by atoms with van der Waals surface area (Å²) in [6, 6.07) is 30.3. The molecule has 1 N–H and O–H groups in total. The van der Waals surface area contributed by atoms with Crippen LogP contribution in [0.15, 0.2) is 108 Å². The number of benzene rings is 4. The van der Waals surface area contributed by atoms with E-state index in [0.29, 0.717) is 12.2 Å². The summed E-state index contributed by atoms with van der Waals surface area (Å²) in [7, 11) is -4.14. The molecule has 0 spiro atoms. The standard InChI is InChI=1S/C37H43N3O4S/c1-6-38-37(42)35(24-30-12-8-7-9-13-30)39(25-31-14-10-11-29(5)23-31)36(41)26-40(33-19-17-32(18-20-33)27(2)3)45(43,44)34-21-15-28(4)16-22-34/h7-23,27,35H,6,24-26H2,1-5H3,(H,38,42). The van der Waals surface area contributed by atoms with Crippen LogP contribution < -0.4 is 9.62 Å². The fraction of sp³-hybridized carbons (Fsp3) is 0.297. The van der Waals surface area contributed by atoms with Gasteiger partial charge in [-0.1, -0.05) is 104 Å². The average molecular weight is 626 g/mol. The minimum absolute atomic E-state index is 0.0867. The number of rotatable bonds is 13. The van der Waals surface area contributed by atoms with Crippen molar-refractivity contribution in [3.8, 4) is 0 Å². The number of nitrogens with zero attached hydrogens (tertiary/aromatic N) is 2. The maximum atomic E-state index is 14.5. The van der Waals surface area contributed by atoms with Crippen molar-refractivity contribution < 1.29 is 18.0 Å². The number of hydrogen-bond donors (Lipinski definition) is 1. The van der Waals surface area contributed by atoms with Crippen LogP contribution in [0.25, 0.3) is 0 Å². The molecule has 0 aliphatic rings. The molecule has 45 heavy (non-hydrogen) atoms. The summed E-state index contributed by atoms with van der Waals surface area (Å²) >= 11 is 0. The third-order valence-electron chi connectivity index (χ3n) is 7.79. The van der Waals surface area contributed by atoms with Crippen molar-refractivity contribution in [1.82, 2.24) is 10.2 Å². The number of carbonyl (C=O) groups is 2. The molecule has 2 amide bonds. The highest BCUT2D eigenvalue weighted by atomic mass is 32.2. The normalized spacial score (nSPS) is 12.0. The first-order valence-electron chi connectivity index (χ1n) is 15.4. The fourth-order valence-corrected chi connectivity index (χ4v) is 6.66. The number of aryl methyl sites for hydroxylation is 2. The van der Waals surface area contributed by atoms with Crippen LogP contribution in [0.2, 0.25) is 0 Å². The number of likely N-dealkylation sites (N-methyl/N-ethyl adjacent to an activating group) is 1. The van der Waals surface area contributed by atoms with E-state index in [0.717, 1.165) is 32.1 Å². The maximum Gasteiger partial charge on any atom is 0.264 e. The second-order valence-electron chi connectivity index (χ2n) is 11.7. The summed E-state index contributed by atoms with van der Waals surface area (Å²) in [6.07, 6.45) is 0.276. The van der Waals surface area contributed by atoms with Crippen molar-refractivity contribution >= 4 is 27.5 Å². The van der Waals surface area contributed by atoms with Gasteiger partial charge in [0.2, 0.25) is 11.8 Å². The lowest BCUT2D eigenvalue weighted by molar-refractivity contribution is -0.140. The van der Waals surface area contributed by atoms with Gasteiger partial charge in [0.15, 0.2) is 0 Å². The lowest BCUT2D eigenvalue weighted by atomic mass is 10.0. The summed E-state index contributed by atoms with van der Waals surface area (Å²) in [5.74, 6) is -0.521. The molecular formula is C37H43N3O4S. The quantitative estimate of drug-likeness (QED) is 0.186. The van der Waals surface area contributed by atoms with Crippen LogP contribution in [0.1, 0.15) is 54.5 Å². The molecule has 0 fully saturated rings. The second kappa shape index (κ2) is 15.0. The highest BCUT2D eigenvalue weighted by Crippen LogP contribution is 2.27. The number of sulfonamides is 1. The molecule has 0 heterocycles. The molecule has 0 aliphatic carbocycles. The summed E-state index contributed by atoms with van der Waals surface area (Å²) in [6.45, 7) is 9.88. The van der Waals surface area contributed by atoms with Crippen LogP contribution in [0.5, 0.6) is 0 Å². The van der Waals surface area contributed by atoms with Crippen LogP contribution in [0, 0.1) is 13.8 Å². The van der Waals surface area contributed by atoms with Crippen LogP contribution >= 0.6 is 0 Å². The van der Waals surface area contributed by atoms with Gasteiger partial charge in [-0.25, -0.2) is 8.42 Å². The van der Waals surface area contributed by atoms with Crippen LogP contribution in [0.4, 0.5) is 5.69 Å². The Bertz CT molecular complexity index is 1690. The number of amides is 2. The van der Waals surface area contributed by atoms with Gasteiger partial charge in [0.1, 0.15) is 12.6 Å². The molecule has 8 heteroatoms. The molecule has 0 saturated heterocycles. The fourth-order valence-electron chi connectivity index (χ4n) is 5.24. The highest BCUT2D eigenvalue weighted by molar-refractivity contribution is 7.92. The second-order valence-corrected chi connectivity index (χ2v) is 13.5. The minimum atomic E-state index is -4.14. The first kappa shape index (κ1) is 33.5. The monoisotopic (exact) mass is 625 g/mol. The van der Waals surface area contributed by atoms with Gasteiger partial charge in [-0.05, 0) is 67.6 Å². The van der Waals surface area contributed by atoms with E-state index < -0.39 is 28.5 Å². The van der Waals surface area contributed by atoms with Crippen molar-refractivity contribution in [3.05, 3.63) is 131 Å². The molecule has 1 unspecified atom stereocenters. The van der Waals surface area contributed by atoms with Crippen molar-refractivity contribution in [3.63, 3.8) is 0 Å². The molecule has 236 valence electrons. The number of anilines is 1. The zero-order chi connectivity index (χ0) is 32.6. The van der Waals surface area contributed by atoms with Gasteiger partial charge >= 0.3 is 0 Å². The number of nitrogens with one attached hydrogen (secondary N) is 1. The van der Waals surface area contributed by atoms with E-state index in [-0.39, 0.29) is 29.7 Å². The molecule has 0 saturated carbocycles. The Balaban J connectivity index is 1.80. The molecule has 7 nitrogen and oxygen atoms in total. The maximum absolute atomic E-state index is 14.5. The number of hydrogen-bond acceptors (Lipinski definition) is 4. The lowest BCUT2D eigenvalue weighted by Gasteiger charge is -2.34. The zero-order valence-corrected chi connectivity index (χ0v) is 27.6. The van der Waals surface area contributed by atoms with E-state index in [1.165, 1.54) is 4.90 Å². The van der Waals surface area contributed by atoms with Gasteiger partial charge in [0.25, 0.3) is 10.0 Å². The molecule has 4 rings (SSSR count). The van der Waals surface area contributed by atoms with Crippen LogP contribution in [-0.4, -0.2) is 44.3 Å². The van der Waals surface area contributed by atoms with Crippen molar-refractivity contribution in [1.29, 1.82) is 0 Å². The third kappa shape index (κ3) is 8.60. The molecule has 0 aromatic heterocycles. The Kier molecular flexibility index (Phi) is 11.2. The van der Waals surface area contributed by atoms with Gasteiger partial charge in [-0.3, -0.25) is 13.9 Å². The smallest absolute Gasteiger partial charge is 0.264 e. The highest BCUT2D eigenvalue weighted by Gasteiger charge is 2.34. The predicted octanol–water partition coefficient (Wildman–Crippen LogP) is 6.40. The van der Waals surface area contributed by atoms with E-state index in [9.17, 15) is 18.0 Å².